The minimum absolute atomic E-state index is 0.257. The fraction of sp³-hybridized carbons (Fsp3) is 0.203. The first-order valence-electron chi connectivity index (χ1n) is 27.5. The molecule has 13 rings (SSSR count). The number of hydrogen-bond donors (Lipinski definition) is 4. The van der Waals surface area contributed by atoms with E-state index in [1.54, 1.807) is 19.5 Å². The summed E-state index contributed by atoms with van der Waals surface area (Å²) >= 11 is 12.6. The molecule has 7 aromatic carbocycles. The average molecular weight is 1290 g/mol. The molecule has 434 valence electrons. The van der Waals surface area contributed by atoms with Crippen LogP contribution >= 0.6 is 43.5 Å². The predicted molar refractivity (Wildman–Crippen MR) is 349 cm³/mol. The van der Waals surface area contributed by atoms with Gasteiger partial charge in [0.1, 0.15) is 5.75 Å². The number of nitrogens with zero attached hydrogens (tertiary/aromatic N) is 9. The molecule has 0 atom stereocenters. The van der Waals surface area contributed by atoms with E-state index in [1.165, 1.54) is 17.5 Å². The van der Waals surface area contributed by atoms with E-state index >= 15 is 0 Å². The van der Waals surface area contributed by atoms with Crippen LogP contribution in [0.25, 0.3) is 43.8 Å². The molecule has 0 radical (unpaired) electrons. The van der Waals surface area contributed by atoms with Crippen LogP contribution in [-0.4, -0.2) is 122 Å². The molecular weight excluding hydrogens is 1230 g/mol. The number of benzene rings is 7. The largest absolute Gasteiger partial charge is 0.494 e. The lowest BCUT2D eigenvalue weighted by molar-refractivity contribution is -0.111. The number of carbonyl (C=O) groups is 1. The lowest BCUT2D eigenvalue weighted by Gasteiger charge is -2.29. The maximum atomic E-state index is 11.7. The van der Waals surface area contributed by atoms with Gasteiger partial charge in [-0.1, -0.05) is 61.2 Å². The van der Waals surface area contributed by atoms with Crippen molar-refractivity contribution in [3.05, 3.63) is 191 Å². The lowest BCUT2D eigenvalue weighted by Crippen LogP contribution is -2.36. The highest BCUT2D eigenvalue weighted by Gasteiger charge is 2.17. The van der Waals surface area contributed by atoms with E-state index in [0.717, 1.165) is 154 Å². The predicted octanol–water partition coefficient (Wildman–Crippen LogP) is 13.1. The van der Waals surface area contributed by atoms with E-state index in [2.05, 4.69) is 136 Å². The van der Waals surface area contributed by atoms with Crippen molar-refractivity contribution < 1.29 is 23.7 Å². The second-order valence-corrected chi connectivity index (χ2v) is 21.5. The van der Waals surface area contributed by atoms with Crippen molar-refractivity contribution in [2.75, 3.05) is 122 Å². The lowest BCUT2D eigenvalue weighted by atomic mass is 10.0. The van der Waals surface area contributed by atoms with E-state index in [0.29, 0.717) is 23.3 Å². The number of nitrogen functional groups attached to an aromatic ring is 1. The van der Waals surface area contributed by atoms with Gasteiger partial charge in [-0.05, 0) is 140 Å². The standard InChI is InChI=1S/C28H27N5O3.C18H17BrN4O.C10H14N2O.C8H4BrClN2/c1-3-26(34)30-21-8-4-6-19(16-21)23-9-5-7-20-18-29-28(32-27(20)23)31-24-11-10-22(17-25(24)35-2)33-12-14-36-15-13-33;19-16-3-1-2-13-12-20-18(22-17(13)16)21-14-4-6-15(7-5-14)23-8-10-24-11-9-23;11-9-1-3-10(4-2-9)12-5-7-13-8-6-12;9-6-3-1-2-5-4-11-8(10)12-7(5)6/h3-11,16-18H,1,12-15H2,2H3,(H,30,34)(H,29,31,32);1-7,12H,8-11H2,(H,20,21,22);1-4H,5-8,11H2;1-4H. The number of para-hydroxylation sites is 3. The van der Waals surface area contributed by atoms with Crippen LogP contribution in [0.1, 0.15) is 0 Å². The molecule has 0 saturated carbocycles. The van der Waals surface area contributed by atoms with Gasteiger partial charge in [-0.15, -0.1) is 0 Å². The highest BCUT2D eigenvalue weighted by atomic mass is 79.9. The number of fused-ring (bicyclic) bond motifs is 3. The molecule has 18 nitrogen and oxygen atoms in total. The first-order chi connectivity index (χ1) is 41.6. The fourth-order valence-electron chi connectivity index (χ4n) is 9.52. The zero-order chi connectivity index (χ0) is 58.9. The van der Waals surface area contributed by atoms with E-state index in [-0.39, 0.29) is 11.2 Å². The Morgan fingerprint density at radius 1 is 0.576 bits per heavy atom. The van der Waals surface area contributed by atoms with Crippen LogP contribution in [0.15, 0.2) is 186 Å². The van der Waals surface area contributed by atoms with Crippen LogP contribution in [0.5, 0.6) is 5.75 Å². The molecule has 0 spiro atoms. The monoisotopic (exact) mass is 1290 g/mol. The summed E-state index contributed by atoms with van der Waals surface area (Å²) in [6.45, 7) is 13.7. The minimum Gasteiger partial charge on any atom is -0.494 e. The Morgan fingerprint density at radius 2 is 1.07 bits per heavy atom. The van der Waals surface area contributed by atoms with Crippen LogP contribution < -0.4 is 41.1 Å². The average Bonchev–Trinajstić information content (AvgIpc) is 3.61. The Balaban J connectivity index is 0.000000139. The van der Waals surface area contributed by atoms with Crippen molar-refractivity contribution >= 4 is 134 Å². The summed E-state index contributed by atoms with van der Waals surface area (Å²) in [4.78, 5) is 45.0. The zero-order valence-corrected chi connectivity index (χ0v) is 50.6. The first kappa shape index (κ1) is 59.7. The quantitative estimate of drug-likeness (QED) is 0.0540. The molecule has 6 heterocycles. The number of amides is 1. The van der Waals surface area contributed by atoms with Crippen molar-refractivity contribution in [3.8, 4) is 16.9 Å². The summed E-state index contributed by atoms with van der Waals surface area (Å²) in [5.41, 5.74) is 16.8. The van der Waals surface area contributed by atoms with Gasteiger partial charge in [-0.2, -0.15) is 0 Å². The Hall–Kier alpha value is -8.50. The normalized spacial score (nSPS) is 14.0. The van der Waals surface area contributed by atoms with Gasteiger partial charge in [-0.25, -0.2) is 29.9 Å². The molecule has 21 heteroatoms. The van der Waals surface area contributed by atoms with Crippen molar-refractivity contribution in [1.82, 2.24) is 29.9 Å². The number of ether oxygens (including phenoxy) is 4. The molecular formula is C64H62Br2ClN13O5. The molecule has 0 unspecified atom stereocenters. The maximum absolute atomic E-state index is 11.7. The van der Waals surface area contributed by atoms with E-state index in [4.69, 9.17) is 41.3 Å². The smallest absolute Gasteiger partial charge is 0.247 e. The van der Waals surface area contributed by atoms with Gasteiger partial charge in [0.25, 0.3) is 0 Å². The molecule has 3 aliphatic rings. The van der Waals surface area contributed by atoms with Crippen molar-refractivity contribution in [1.29, 1.82) is 0 Å². The first-order valence-corrected chi connectivity index (χ1v) is 29.5. The summed E-state index contributed by atoms with van der Waals surface area (Å²) in [5, 5.41) is 12.6. The number of carbonyl (C=O) groups excluding carboxylic acids is 1. The van der Waals surface area contributed by atoms with Crippen LogP contribution in [0.4, 0.5) is 51.7 Å². The SMILES string of the molecule is Brc1cccc2cnc(Nc3ccc(N4CCOCC4)cc3)nc12.C=CC(=O)Nc1cccc(-c2cccc3cnc(Nc4ccc(N5CCOCC5)cc4OC)nc23)c1.Clc1ncc2cccc(Br)c2n1.Nc1ccc(N2CCOCC2)cc1. The van der Waals surface area contributed by atoms with Crippen molar-refractivity contribution in [2.24, 2.45) is 0 Å². The van der Waals surface area contributed by atoms with Gasteiger partial charge in [-0.3, -0.25) is 4.79 Å². The van der Waals surface area contributed by atoms with Crippen LogP contribution in [-0.2, 0) is 19.0 Å². The van der Waals surface area contributed by atoms with Crippen molar-refractivity contribution in [2.45, 2.75) is 0 Å². The summed E-state index contributed by atoms with van der Waals surface area (Å²) in [7, 11) is 1.65. The molecule has 3 fully saturated rings. The molecule has 3 aliphatic heterocycles. The topological polar surface area (TPSA) is 203 Å². The van der Waals surface area contributed by atoms with E-state index in [9.17, 15) is 4.79 Å². The van der Waals surface area contributed by atoms with Gasteiger partial charge in [0, 0.05) is 129 Å². The van der Waals surface area contributed by atoms with Crippen LogP contribution in [0.3, 0.4) is 0 Å². The molecule has 5 N–H and O–H groups in total. The third-order valence-electron chi connectivity index (χ3n) is 13.9. The summed E-state index contributed by atoms with van der Waals surface area (Å²) in [6.07, 6.45) is 6.58. The van der Waals surface area contributed by atoms with Crippen molar-refractivity contribution in [3.63, 3.8) is 0 Å². The second kappa shape index (κ2) is 29.3. The van der Waals surface area contributed by atoms with E-state index in [1.807, 2.05) is 109 Å². The Labute approximate surface area is 514 Å². The molecule has 3 aromatic heterocycles. The number of aromatic nitrogens is 6. The number of rotatable bonds is 11. The minimum atomic E-state index is -0.257. The van der Waals surface area contributed by atoms with Gasteiger partial charge < -0.3 is 55.3 Å². The third kappa shape index (κ3) is 16.0. The molecule has 0 aliphatic carbocycles. The van der Waals surface area contributed by atoms with Gasteiger partial charge >= 0.3 is 0 Å². The van der Waals surface area contributed by atoms with Gasteiger partial charge in [0.15, 0.2) is 0 Å². The third-order valence-corrected chi connectivity index (χ3v) is 15.4. The Bertz CT molecular complexity index is 3890. The van der Waals surface area contributed by atoms with E-state index < -0.39 is 0 Å². The van der Waals surface area contributed by atoms with Gasteiger partial charge in [0.2, 0.25) is 23.1 Å². The molecule has 85 heavy (non-hydrogen) atoms. The molecule has 10 aromatic rings. The highest BCUT2D eigenvalue weighted by molar-refractivity contribution is 9.11. The summed E-state index contributed by atoms with van der Waals surface area (Å²) in [6, 6.07) is 47.7. The number of halogens is 3. The number of morpholine rings is 3. The van der Waals surface area contributed by atoms with Crippen LogP contribution in [0, 0.1) is 0 Å². The fourth-order valence-corrected chi connectivity index (χ4v) is 10.6. The maximum Gasteiger partial charge on any atom is 0.247 e. The number of methoxy groups -OCH3 is 1. The highest BCUT2D eigenvalue weighted by Crippen LogP contribution is 2.34. The summed E-state index contributed by atoms with van der Waals surface area (Å²) in [5.74, 6) is 1.51. The Kier molecular flexibility index (Phi) is 20.6. The number of hydrogen-bond acceptors (Lipinski definition) is 17. The summed E-state index contributed by atoms with van der Waals surface area (Å²) < 4.78 is 23.7. The van der Waals surface area contributed by atoms with Gasteiger partial charge in [0.05, 0.1) is 69.0 Å². The van der Waals surface area contributed by atoms with Crippen LogP contribution in [0.2, 0.25) is 5.28 Å². The second-order valence-electron chi connectivity index (χ2n) is 19.5. The number of nitrogens with one attached hydrogen (secondary N) is 3. The zero-order valence-electron chi connectivity index (χ0n) is 46.6. The molecule has 3 saturated heterocycles. The number of anilines is 9. The Morgan fingerprint density at radius 3 is 1.66 bits per heavy atom. The molecule has 0 bridgehead atoms. The molecule has 1 amide bonds. The number of nitrogens with two attached hydrogens (primary N) is 1.